The van der Waals surface area contributed by atoms with E-state index in [0.29, 0.717) is 0 Å². The quantitative estimate of drug-likeness (QED) is 0.768. The van der Waals surface area contributed by atoms with Crippen molar-refractivity contribution >= 4 is 11.7 Å². The first-order valence-corrected chi connectivity index (χ1v) is 6.21. The molecular formula is C15H14FNO4. The number of halogens is 1. The van der Waals surface area contributed by atoms with Crippen LogP contribution in [0, 0.1) is 5.82 Å². The van der Waals surface area contributed by atoms with E-state index in [9.17, 15) is 9.18 Å². The number of carboxylic acids is 1. The summed E-state index contributed by atoms with van der Waals surface area (Å²) >= 11 is 0. The number of nitrogens with one attached hydrogen (secondary N) is 1. The lowest BCUT2D eigenvalue weighted by atomic mass is 10.2. The van der Waals surface area contributed by atoms with Crippen LogP contribution in [0.3, 0.4) is 0 Å². The van der Waals surface area contributed by atoms with E-state index in [-0.39, 0.29) is 18.0 Å². The van der Waals surface area contributed by atoms with Crippen molar-refractivity contribution in [3.8, 4) is 5.75 Å². The lowest BCUT2D eigenvalue weighted by Crippen LogP contribution is -2.13. The summed E-state index contributed by atoms with van der Waals surface area (Å²) in [6.45, 7) is -0.329. The molecule has 0 amide bonds. The molecule has 2 rings (SSSR count). The molecule has 0 spiro atoms. The van der Waals surface area contributed by atoms with Gasteiger partial charge in [-0.2, -0.15) is 0 Å². The summed E-state index contributed by atoms with van der Waals surface area (Å²) in [4.78, 5) is 15.1. The molecule has 5 nitrogen and oxygen atoms in total. The summed E-state index contributed by atoms with van der Waals surface area (Å²) in [6.07, 6.45) is 0. The molecule has 0 radical (unpaired) electrons. The summed E-state index contributed by atoms with van der Waals surface area (Å²) in [5, 5.41) is 8.49. The molecule has 0 unspecified atom stereocenters. The zero-order chi connectivity index (χ0) is 15.1. The third-order valence-electron chi connectivity index (χ3n) is 2.58. The zero-order valence-electron chi connectivity index (χ0n) is 11.1. The van der Waals surface area contributed by atoms with E-state index in [1.54, 1.807) is 6.07 Å². The molecule has 0 saturated carbocycles. The molecule has 2 aromatic carbocycles. The number of carbonyl (C=O) groups is 1. The molecule has 110 valence electrons. The van der Waals surface area contributed by atoms with Crippen LogP contribution in [-0.4, -0.2) is 17.7 Å². The zero-order valence-corrected chi connectivity index (χ0v) is 11.1. The molecule has 0 aromatic heterocycles. The molecule has 0 fully saturated rings. The number of hydrogen-bond donors (Lipinski definition) is 2. The second-order valence-corrected chi connectivity index (χ2v) is 4.17. The SMILES string of the molecule is O=C(O)CONc1c(F)cccc1OCc1ccccc1. The fraction of sp³-hybridized carbons (Fsp3) is 0.133. The van der Waals surface area contributed by atoms with E-state index in [2.05, 4.69) is 10.3 Å². The average Bonchev–Trinajstić information content (AvgIpc) is 2.48. The highest BCUT2D eigenvalue weighted by Gasteiger charge is 2.10. The largest absolute Gasteiger partial charge is 0.487 e. The van der Waals surface area contributed by atoms with Crippen LogP contribution in [0.1, 0.15) is 5.56 Å². The Morgan fingerprint density at radius 2 is 1.90 bits per heavy atom. The Hall–Kier alpha value is -2.60. The molecule has 0 aliphatic carbocycles. The smallest absolute Gasteiger partial charge is 0.332 e. The van der Waals surface area contributed by atoms with E-state index in [1.807, 2.05) is 30.3 Å². The first-order chi connectivity index (χ1) is 10.2. The number of carboxylic acid groups (broad SMARTS) is 1. The monoisotopic (exact) mass is 291 g/mol. The van der Waals surface area contributed by atoms with Gasteiger partial charge < -0.3 is 9.84 Å². The Morgan fingerprint density at radius 1 is 1.14 bits per heavy atom. The number of ether oxygens (including phenoxy) is 1. The maximum atomic E-state index is 13.7. The van der Waals surface area contributed by atoms with E-state index >= 15 is 0 Å². The second-order valence-electron chi connectivity index (χ2n) is 4.17. The predicted molar refractivity (Wildman–Crippen MR) is 74.4 cm³/mol. The predicted octanol–water partition coefficient (Wildman–Crippen LogP) is 2.83. The fourth-order valence-electron chi connectivity index (χ4n) is 1.63. The van der Waals surface area contributed by atoms with Crippen LogP contribution in [-0.2, 0) is 16.2 Å². The third kappa shape index (κ3) is 4.47. The Bertz CT molecular complexity index is 604. The van der Waals surface area contributed by atoms with Crippen LogP contribution >= 0.6 is 0 Å². The van der Waals surface area contributed by atoms with Crippen molar-refractivity contribution in [3.05, 3.63) is 59.9 Å². The lowest BCUT2D eigenvalue weighted by Gasteiger charge is -2.13. The van der Waals surface area contributed by atoms with Gasteiger partial charge in [-0.1, -0.05) is 36.4 Å². The fourth-order valence-corrected chi connectivity index (χ4v) is 1.63. The van der Waals surface area contributed by atoms with Crippen LogP contribution < -0.4 is 10.2 Å². The van der Waals surface area contributed by atoms with Gasteiger partial charge in [0.1, 0.15) is 18.0 Å². The van der Waals surface area contributed by atoms with Gasteiger partial charge in [0, 0.05) is 0 Å². The highest BCUT2D eigenvalue weighted by Crippen LogP contribution is 2.28. The minimum Gasteiger partial charge on any atom is -0.487 e. The molecule has 0 heterocycles. The minimum atomic E-state index is -1.16. The maximum absolute atomic E-state index is 13.7. The van der Waals surface area contributed by atoms with E-state index in [4.69, 9.17) is 9.84 Å². The van der Waals surface area contributed by atoms with Crippen LogP contribution in [0.2, 0.25) is 0 Å². The molecule has 0 saturated heterocycles. The number of para-hydroxylation sites is 1. The third-order valence-corrected chi connectivity index (χ3v) is 2.58. The molecule has 21 heavy (non-hydrogen) atoms. The molecule has 0 aliphatic heterocycles. The average molecular weight is 291 g/mol. The first-order valence-electron chi connectivity index (χ1n) is 6.21. The van der Waals surface area contributed by atoms with Gasteiger partial charge in [-0.05, 0) is 17.7 Å². The molecule has 0 aliphatic rings. The summed E-state index contributed by atoms with van der Waals surface area (Å²) in [7, 11) is 0. The normalized spacial score (nSPS) is 10.1. The van der Waals surface area contributed by atoms with Gasteiger partial charge in [0.15, 0.2) is 12.4 Å². The van der Waals surface area contributed by atoms with Gasteiger partial charge in [-0.15, -0.1) is 0 Å². The number of benzene rings is 2. The van der Waals surface area contributed by atoms with Gasteiger partial charge in [-0.3, -0.25) is 10.3 Å². The van der Waals surface area contributed by atoms with Crippen LogP contribution in [0.4, 0.5) is 10.1 Å². The van der Waals surface area contributed by atoms with Crippen LogP contribution in [0.25, 0.3) is 0 Å². The molecule has 0 bridgehead atoms. The molecular weight excluding hydrogens is 277 g/mol. The van der Waals surface area contributed by atoms with Crippen LogP contribution in [0.15, 0.2) is 48.5 Å². The first kappa shape index (κ1) is 14.8. The number of rotatable bonds is 7. The molecule has 6 heteroatoms. The van der Waals surface area contributed by atoms with Gasteiger partial charge in [0.2, 0.25) is 0 Å². The van der Waals surface area contributed by atoms with Crippen molar-refractivity contribution in [2.24, 2.45) is 0 Å². The van der Waals surface area contributed by atoms with Crippen molar-refractivity contribution in [1.29, 1.82) is 0 Å². The summed E-state index contributed by atoms with van der Waals surface area (Å²) in [5.74, 6) is -1.51. The second kappa shape index (κ2) is 7.25. The van der Waals surface area contributed by atoms with Gasteiger partial charge in [0.25, 0.3) is 0 Å². The number of aliphatic carboxylic acids is 1. The Labute approximate surface area is 120 Å². The maximum Gasteiger partial charge on any atom is 0.332 e. The minimum absolute atomic E-state index is 0.0327. The standard InChI is InChI=1S/C15H14FNO4/c16-12-7-4-8-13(15(12)17-21-10-14(18)19)20-9-11-5-2-1-3-6-11/h1-8,17H,9-10H2,(H,18,19). The van der Waals surface area contributed by atoms with Crippen molar-refractivity contribution in [3.63, 3.8) is 0 Å². The summed E-state index contributed by atoms with van der Waals surface area (Å²) in [5.41, 5.74) is 3.17. The lowest BCUT2D eigenvalue weighted by molar-refractivity contribution is -0.141. The number of anilines is 1. The van der Waals surface area contributed by atoms with Crippen molar-refractivity contribution in [2.45, 2.75) is 6.61 Å². The van der Waals surface area contributed by atoms with E-state index < -0.39 is 18.4 Å². The van der Waals surface area contributed by atoms with Gasteiger partial charge in [0.05, 0.1) is 0 Å². The highest BCUT2D eigenvalue weighted by atomic mass is 19.1. The molecule has 2 aromatic rings. The summed E-state index contributed by atoms with van der Waals surface area (Å²) in [6, 6.07) is 13.7. The van der Waals surface area contributed by atoms with E-state index in [0.717, 1.165) is 5.56 Å². The van der Waals surface area contributed by atoms with Gasteiger partial charge in [-0.25, -0.2) is 9.18 Å². The highest BCUT2D eigenvalue weighted by molar-refractivity contribution is 5.68. The van der Waals surface area contributed by atoms with Crippen LogP contribution in [0.5, 0.6) is 5.75 Å². The molecule has 2 N–H and O–H groups in total. The van der Waals surface area contributed by atoms with E-state index in [1.165, 1.54) is 12.1 Å². The van der Waals surface area contributed by atoms with Crippen molar-refractivity contribution in [2.75, 3.05) is 12.1 Å². The Balaban J connectivity index is 2.04. The topological polar surface area (TPSA) is 67.8 Å². The Morgan fingerprint density at radius 3 is 2.62 bits per heavy atom. The summed E-state index contributed by atoms with van der Waals surface area (Å²) < 4.78 is 19.3. The van der Waals surface area contributed by atoms with Gasteiger partial charge >= 0.3 is 5.97 Å². The molecule has 0 atom stereocenters. The Kier molecular flexibility index (Phi) is 5.11. The number of hydrogen-bond acceptors (Lipinski definition) is 4. The van der Waals surface area contributed by atoms with Crippen molar-refractivity contribution in [1.82, 2.24) is 0 Å². The van der Waals surface area contributed by atoms with Crippen molar-refractivity contribution < 1.29 is 23.9 Å².